The van der Waals surface area contributed by atoms with E-state index in [4.69, 9.17) is 20.8 Å². The van der Waals surface area contributed by atoms with Crippen LogP contribution in [0.4, 0.5) is 4.79 Å². The first kappa shape index (κ1) is 25.7. The smallest absolute Gasteiger partial charge is 0.414 e. The summed E-state index contributed by atoms with van der Waals surface area (Å²) in [5, 5.41) is 10.4. The Kier molecular flexibility index (Phi) is 7.37. The van der Waals surface area contributed by atoms with E-state index >= 15 is 0 Å². The maximum Gasteiger partial charge on any atom is 0.414 e. The second kappa shape index (κ2) is 9.75. The van der Waals surface area contributed by atoms with E-state index in [0.29, 0.717) is 22.1 Å². The lowest BCUT2D eigenvalue weighted by atomic mass is 9.99. The summed E-state index contributed by atoms with van der Waals surface area (Å²) in [5.74, 6) is 0.0586. The molecular weight excluding hydrogens is 484 g/mol. The zero-order valence-corrected chi connectivity index (χ0v) is 20.9. The van der Waals surface area contributed by atoms with E-state index < -0.39 is 28.0 Å². The Morgan fingerprint density at radius 2 is 1.88 bits per heavy atom. The Hall–Kier alpha value is -2.92. The predicted molar refractivity (Wildman–Crippen MR) is 128 cm³/mol. The van der Waals surface area contributed by atoms with Crippen molar-refractivity contribution in [1.29, 1.82) is 0 Å². The van der Waals surface area contributed by atoms with Gasteiger partial charge in [0.15, 0.2) is 5.75 Å². The van der Waals surface area contributed by atoms with Crippen molar-refractivity contribution < 1.29 is 27.5 Å². The molecule has 34 heavy (non-hydrogen) atoms. The van der Waals surface area contributed by atoms with Gasteiger partial charge in [0, 0.05) is 44.6 Å². The zero-order chi connectivity index (χ0) is 25.4. The van der Waals surface area contributed by atoms with E-state index in [9.17, 15) is 23.1 Å². The van der Waals surface area contributed by atoms with Crippen molar-refractivity contribution in [1.82, 2.24) is 9.21 Å². The van der Waals surface area contributed by atoms with E-state index in [-0.39, 0.29) is 27.7 Å². The fourth-order valence-electron chi connectivity index (χ4n) is 3.24. The fourth-order valence-corrected chi connectivity index (χ4v) is 4.73. The van der Waals surface area contributed by atoms with Gasteiger partial charge in [-0.05, 0) is 43.2 Å². The highest BCUT2D eigenvalue weighted by Crippen LogP contribution is 2.32. The number of fused-ring (bicyclic) bond motifs is 1. The molecule has 1 heterocycles. The van der Waals surface area contributed by atoms with Gasteiger partial charge < -0.3 is 19.2 Å². The SMILES string of the molecule is Cc1c(Cc2cccc(S(=O)(=O)N(C)C(C)O)c2)c(=O)oc2cc(OC(=O)N(C)C)c(Cl)cc12. The minimum Gasteiger partial charge on any atom is -0.422 e. The molecule has 0 fully saturated rings. The fraction of sp³-hybridized carbons (Fsp3) is 0.304. The van der Waals surface area contributed by atoms with Gasteiger partial charge in [-0.2, -0.15) is 4.31 Å². The summed E-state index contributed by atoms with van der Waals surface area (Å²) < 4.78 is 37.0. The normalized spacial score (nSPS) is 12.7. The molecule has 3 rings (SSSR count). The minimum atomic E-state index is -3.92. The molecule has 1 unspecified atom stereocenters. The third kappa shape index (κ3) is 5.10. The highest BCUT2D eigenvalue weighted by Gasteiger charge is 2.24. The third-order valence-corrected chi connectivity index (χ3v) is 7.59. The van der Waals surface area contributed by atoms with Crippen LogP contribution in [0.25, 0.3) is 11.0 Å². The molecule has 3 aromatic rings. The molecule has 0 bridgehead atoms. The summed E-state index contributed by atoms with van der Waals surface area (Å²) in [6.07, 6.45) is -1.72. The predicted octanol–water partition coefficient (Wildman–Crippen LogP) is 3.36. The average molecular weight is 509 g/mol. The number of carbonyl (C=O) groups is 1. The van der Waals surface area contributed by atoms with Crippen molar-refractivity contribution in [3.63, 3.8) is 0 Å². The van der Waals surface area contributed by atoms with Gasteiger partial charge in [-0.1, -0.05) is 23.7 Å². The Morgan fingerprint density at radius 1 is 1.21 bits per heavy atom. The topological polar surface area (TPSA) is 117 Å². The number of ether oxygens (including phenoxy) is 1. The van der Waals surface area contributed by atoms with Crippen LogP contribution in [-0.4, -0.2) is 56.2 Å². The van der Waals surface area contributed by atoms with E-state index in [1.807, 2.05) is 0 Å². The second-order valence-electron chi connectivity index (χ2n) is 8.01. The molecule has 0 aliphatic rings. The molecule has 9 nitrogen and oxygen atoms in total. The quantitative estimate of drug-likeness (QED) is 0.400. The van der Waals surface area contributed by atoms with Gasteiger partial charge in [-0.3, -0.25) is 0 Å². The number of halogens is 1. The Morgan fingerprint density at radius 3 is 2.50 bits per heavy atom. The minimum absolute atomic E-state index is 0.00776. The largest absolute Gasteiger partial charge is 0.422 e. The summed E-state index contributed by atoms with van der Waals surface area (Å²) in [6.45, 7) is 3.08. The van der Waals surface area contributed by atoms with Crippen molar-refractivity contribution >= 4 is 38.7 Å². The molecule has 11 heteroatoms. The number of sulfonamides is 1. The van der Waals surface area contributed by atoms with Gasteiger partial charge >= 0.3 is 11.7 Å². The highest BCUT2D eigenvalue weighted by molar-refractivity contribution is 7.89. The van der Waals surface area contributed by atoms with Crippen LogP contribution in [0.3, 0.4) is 0 Å². The number of benzene rings is 2. The number of hydrogen-bond donors (Lipinski definition) is 1. The number of aryl methyl sites for hydroxylation is 1. The van der Waals surface area contributed by atoms with E-state index in [0.717, 1.165) is 4.31 Å². The first-order valence-corrected chi connectivity index (χ1v) is 12.0. The van der Waals surface area contributed by atoms with Crippen molar-refractivity contribution in [3.8, 4) is 5.75 Å². The summed E-state index contributed by atoms with van der Waals surface area (Å²) in [7, 11) is 0.414. The molecule has 0 radical (unpaired) electrons. The standard InChI is InChI=1S/C23H25ClN2O7S/c1-13-17-11-19(24)21(33-23(29)25(3)4)12-20(17)32-22(28)18(13)10-15-7-6-8-16(9-15)34(30,31)26(5)14(2)27/h6-9,11-12,14,27H,10H2,1-5H3. The van der Waals surface area contributed by atoms with E-state index in [1.54, 1.807) is 25.1 Å². The van der Waals surface area contributed by atoms with Crippen molar-refractivity contribution in [2.75, 3.05) is 21.1 Å². The third-order valence-electron chi connectivity index (χ3n) is 5.38. The summed E-state index contributed by atoms with van der Waals surface area (Å²) >= 11 is 6.30. The van der Waals surface area contributed by atoms with Gasteiger partial charge in [0.1, 0.15) is 11.8 Å². The number of amides is 1. The summed E-state index contributed by atoms with van der Waals surface area (Å²) in [4.78, 5) is 25.9. The molecule has 2 aromatic carbocycles. The lowest BCUT2D eigenvalue weighted by Gasteiger charge is -2.20. The highest BCUT2D eigenvalue weighted by atomic mass is 35.5. The molecule has 1 amide bonds. The maximum absolute atomic E-state index is 12.8. The molecule has 0 saturated carbocycles. The monoisotopic (exact) mass is 508 g/mol. The van der Waals surface area contributed by atoms with Gasteiger partial charge in [0.25, 0.3) is 0 Å². The molecule has 0 aliphatic heterocycles. The van der Waals surface area contributed by atoms with Crippen LogP contribution in [0.15, 0.2) is 50.5 Å². The summed E-state index contributed by atoms with van der Waals surface area (Å²) in [6, 6.07) is 9.07. The Balaban J connectivity index is 2.02. The Bertz CT molecular complexity index is 1410. The van der Waals surface area contributed by atoms with Gasteiger partial charge in [-0.25, -0.2) is 18.0 Å². The van der Waals surface area contributed by atoms with Crippen molar-refractivity contribution in [3.05, 3.63) is 68.5 Å². The van der Waals surface area contributed by atoms with E-state index in [2.05, 4.69) is 0 Å². The van der Waals surface area contributed by atoms with Crippen LogP contribution in [0.5, 0.6) is 5.75 Å². The molecule has 1 aromatic heterocycles. The number of nitrogens with zero attached hydrogens (tertiary/aromatic N) is 2. The molecule has 1 N–H and O–H groups in total. The lowest BCUT2D eigenvalue weighted by molar-refractivity contribution is 0.0965. The number of rotatable bonds is 6. The first-order chi connectivity index (χ1) is 15.8. The summed E-state index contributed by atoms with van der Waals surface area (Å²) in [5.41, 5.74) is 1.10. The number of carbonyl (C=O) groups excluding carboxylic acids is 1. The molecule has 0 saturated heterocycles. The van der Waals surface area contributed by atoms with Crippen molar-refractivity contribution in [2.24, 2.45) is 0 Å². The number of aliphatic hydroxyl groups excluding tert-OH is 1. The molecule has 182 valence electrons. The van der Waals surface area contributed by atoms with Gasteiger partial charge in [0.05, 0.1) is 9.92 Å². The van der Waals surface area contributed by atoms with Crippen LogP contribution in [0, 0.1) is 6.92 Å². The molecular formula is C23H25ClN2O7S. The molecule has 0 aliphatic carbocycles. The second-order valence-corrected chi connectivity index (χ2v) is 10.4. The first-order valence-electron chi connectivity index (χ1n) is 10.2. The maximum atomic E-state index is 12.8. The van der Waals surface area contributed by atoms with E-state index in [1.165, 1.54) is 51.2 Å². The van der Waals surface area contributed by atoms with Crippen LogP contribution >= 0.6 is 11.6 Å². The van der Waals surface area contributed by atoms with Crippen LogP contribution in [0.1, 0.15) is 23.6 Å². The van der Waals surface area contributed by atoms with Gasteiger partial charge in [0.2, 0.25) is 10.0 Å². The molecule has 1 atom stereocenters. The van der Waals surface area contributed by atoms with Crippen LogP contribution in [0.2, 0.25) is 5.02 Å². The Labute approximate surface area is 202 Å². The average Bonchev–Trinajstić information content (AvgIpc) is 2.77. The number of hydrogen-bond acceptors (Lipinski definition) is 7. The number of aliphatic hydroxyl groups is 1. The van der Waals surface area contributed by atoms with Gasteiger partial charge in [-0.15, -0.1) is 0 Å². The zero-order valence-electron chi connectivity index (χ0n) is 19.3. The molecule has 0 spiro atoms. The van der Waals surface area contributed by atoms with Crippen LogP contribution < -0.4 is 10.4 Å². The lowest BCUT2D eigenvalue weighted by Crippen LogP contribution is -2.34. The van der Waals surface area contributed by atoms with Crippen LogP contribution in [-0.2, 0) is 16.4 Å². The van der Waals surface area contributed by atoms with Crippen molar-refractivity contribution in [2.45, 2.75) is 31.4 Å².